The van der Waals surface area contributed by atoms with Crippen LogP contribution in [0.15, 0.2) is 30.3 Å². The van der Waals surface area contributed by atoms with Gasteiger partial charge in [0.25, 0.3) is 5.69 Å². The van der Waals surface area contributed by atoms with Gasteiger partial charge in [-0.2, -0.15) is 0 Å². The van der Waals surface area contributed by atoms with Gasteiger partial charge in [-0.1, -0.05) is 6.07 Å². The van der Waals surface area contributed by atoms with E-state index in [0.717, 1.165) is 17.2 Å². The summed E-state index contributed by atoms with van der Waals surface area (Å²) in [5.74, 6) is -1.12. The number of nitro groups is 1. The molecule has 0 spiro atoms. The summed E-state index contributed by atoms with van der Waals surface area (Å²) in [5, 5.41) is 11.2. The van der Waals surface area contributed by atoms with E-state index in [1.54, 1.807) is 11.0 Å². The molecule has 0 radical (unpaired) electrons. The molecule has 0 atom stereocenters. The monoisotopic (exact) mass is 320 g/mol. The highest BCUT2D eigenvalue weighted by molar-refractivity contribution is 5.67. The summed E-state index contributed by atoms with van der Waals surface area (Å²) in [4.78, 5) is 12.4. The van der Waals surface area contributed by atoms with Crippen LogP contribution in [0.3, 0.4) is 0 Å². The average molecular weight is 320 g/mol. The van der Waals surface area contributed by atoms with Gasteiger partial charge in [-0.25, -0.2) is 8.78 Å². The second-order valence-corrected chi connectivity index (χ2v) is 5.32. The molecule has 0 saturated heterocycles. The van der Waals surface area contributed by atoms with E-state index >= 15 is 0 Å². The summed E-state index contributed by atoms with van der Waals surface area (Å²) in [7, 11) is 1.31. The number of nitro benzene ring substituents is 1. The second kappa shape index (κ2) is 5.83. The lowest BCUT2D eigenvalue weighted by atomic mass is 9.99. The summed E-state index contributed by atoms with van der Waals surface area (Å²) in [6.07, 6.45) is 0.559. The van der Waals surface area contributed by atoms with Gasteiger partial charge in [0.15, 0.2) is 11.6 Å². The Bertz CT molecular complexity index is 780. The van der Waals surface area contributed by atoms with Crippen LogP contribution >= 0.6 is 0 Å². The van der Waals surface area contributed by atoms with Crippen LogP contribution < -0.4 is 9.64 Å². The topological polar surface area (TPSA) is 55.6 Å². The molecule has 2 aromatic rings. The molecule has 0 amide bonds. The van der Waals surface area contributed by atoms with Crippen molar-refractivity contribution in [3.63, 3.8) is 0 Å². The van der Waals surface area contributed by atoms with Crippen molar-refractivity contribution in [1.29, 1.82) is 0 Å². The van der Waals surface area contributed by atoms with E-state index in [1.807, 2.05) is 0 Å². The number of rotatable bonds is 3. The van der Waals surface area contributed by atoms with Gasteiger partial charge in [0.05, 0.1) is 18.1 Å². The molecule has 5 nitrogen and oxygen atoms in total. The zero-order chi connectivity index (χ0) is 16.6. The van der Waals surface area contributed by atoms with Crippen molar-refractivity contribution in [2.24, 2.45) is 0 Å². The molecule has 23 heavy (non-hydrogen) atoms. The van der Waals surface area contributed by atoms with E-state index in [0.29, 0.717) is 25.2 Å². The third-order valence-corrected chi connectivity index (χ3v) is 3.97. The van der Waals surface area contributed by atoms with Crippen molar-refractivity contribution in [3.8, 4) is 5.75 Å². The Morgan fingerprint density at radius 3 is 2.70 bits per heavy atom. The number of ether oxygens (including phenoxy) is 1. The summed E-state index contributed by atoms with van der Waals surface area (Å²) in [6.45, 7) is 0.872. The Morgan fingerprint density at radius 1 is 1.22 bits per heavy atom. The average Bonchev–Trinajstić information content (AvgIpc) is 2.54. The van der Waals surface area contributed by atoms with Crippen LogP contribution in [0, 0.1) is 21.7 Å². The quantitative estimate of drug-likeness (QED) is 0.642. The molecule has 7 heteroatoms. The number of methoxy groups -OCH3 is 1. The number of fused-ring (bicyclic) bond motifs is 1. The zero-order valence-electron chi connectivity index (χ0n) is 12.4. The van der Waals surface area contributed by atoms with Crippen molar-refractivity contribution < 1.29 is 18.4 Å². The summed E-state index contributed by atoms with van der Waals surface area (Å²) < 4.78 is 31.9. The smallest absolute Gasteiger partial charge is 0.295 e. The SMILES string of the molecule is COc1cc(N2CCc3cc(F)ccc3C2)c([N+](=O)[O-])cc1F. The van der Waals surface area contributed by atoms with Gasteiger partial charge in [-0.05, 0) is 29.7 Å². The lowest BCUT2D eigenvalue weighted by molar-refractivity contribution is -0.384. The molecule has 2 aromatic carbocycles. The van der Waals surface area contributed by atoms with Crippen LogP contribution in [0.2, 0.25) is 0 Å². The fraction of sp³-hybridized carbons (Fsp3) is 0.250. The minimum absolute atomic E-state index is 0.0458. The molecule has 1 aliphatic heterocycles. The molecule has 0 saturated carbocycles. The molecule has 0 bridgehead atoms. The first kappa shape index (κ1) is 15.2. The molecule has 3 rings (SSSR count). The highest BCUT2D eigenvalue weighted by Gasteiger charge is 2.26. The minimum atomic E-state index is -0.776. The number of nitrogens with zero attached hydrogens (tertiary/aromatic N) is 2. The molecule has 1 aliphatic rings. The van der Waals surface area contributed by atoms with E-state index in [-0.39, 0.29) is 17.3 Å². The number of hydrogen-bond acceptors (Lipinski definition) is 4. The van der Waals surface area contributed by atoms with Crippen LogP contribution in [0.1, 0.15) is 11.1 Å². The fourth-order valence-electron chi connectivity index (χ4n) is 2.82. The molecule has 0 N–H and O–H groups in total. The number of anilines is 1. The lowest BCUT2D eigenvalue weighted by Crippen LogP contribution is -2.31. The van der Waals surface area contributed by atoms with Gasteiger partial charge in [-0.3, -0.25) is 10.1 Å². The molecular formula is C16H14F2N2O3. The predicted octanol–water partition coefficient (Wildman–Crippen LogP) is 3.44. The maximum atomic E-state index is 13.8. The molecule has 0 aliphatic carbocycles. The molecule has 120 valence electrons. The normalized spacial score (nSPS) is 13.6. The zero-order valence-corrected chi connectivity index (χ0v) is 12.4. The van der Waals surface area contributed by atoms with Gasteiger partial charge >= 0.3 is 0 Å². The van der Waals surface area contributed by atoms with Gasteiger partial charge < -0.3 is 9.64 Å². The third kappa shape index (κ3) is 2.81. The predicted molar refractivity (Wildman–Crippen MR) is 80.8 cm³/mol. The first-order valence-electron chi connectivity index (χ1n) is 7.03. The molecule has 0 fully saturated rings. The van der Waals surface area contributed by atoms with Crippen molar-refractivity contribution in [2.75, 3.05) is 18.6 Å². The van der Waals surface area contributed by atoms with Crippen LogP contribution in [-0.2, 0) is 13.0 Å². The summed E-state index contributed by atoms with van der Waals surface area (Å²) >= 11 is 0. The van der Waals surface area contributed by atoms with Crippen LogP contribution in [-0.4, -0.2) is 18.6 Å². The van der Waals surface area contributed by atoms with E-state index in [4.69, 9.17) is 4.74 Å². The third-order valence-electron chi connectivity index (χ3n) is 3.97. The first-order valence-corrected chi connectivity index (χ1v) is 7.03. The highest BCUT2D eigenvalue weighted by atomic mass is 19.1. The Kier molecular flexibility index (Phi) is 3.85. The Hall–Kier alpha value is -2.70. The molecular weight excluding hydrogens is 306 g/mol. The van der Waals surface area contributed by atoms with Crippen molar-refractivity contribution in [1.82, 2.24) is 0 Å². The number of hydrogen-bond donors (Lipinski definition) is 0. The van der Waals surface area contributed by atoms with Gasteiger partial charge in [-0.15, -0.1) is 0 Å². The first-order chi connectivity index (χ1) is 11.0. The second-order valence-electron chi connectivity index (χ2n) is 5.32. The van der Waals surface area contributed by atoms with E-state index < -0.39 is 10.7 Å². The van der Waals surface area contributed by atoms with Crippen molar-refractivity contribution in [2.45, 2.75) is 13.0 Å². The lowest BCUT2D eigenvalue weighted by Gasteiger charge is -2.30. The van der Waals surface area contributed by atoms with Crippen molar-refractivity contribution >= 4 is 11.4 Å². The van der Waals surface area contributed by atoms with Crippen LogP contribution in [0.5, 0.6) is 5.75 Å². The maximum Gasteiger partial charge on any atom is 0.295 e. The van der Waals surface area contributed by atoms with E-state index in [1.165, 1.54) is 25.3 Å². The Labute approximate surface area is 131 Å². The summed E-state index contributed by atoms with van der Waals surface area (Å²) in [5.41, 5.74) is 1.77. The van der Waals surface area contributed by atoms with Crippen molar-refractivity contribution in [3.05, 3.63) is 63.2 Å². The highest BCUT2D eigenvalue weighted by Crippen LogP contribution is 2.36. The molecule has 0 aromatic heterocycles. The van der Waals surface area contributed by atoms with Gasteiger partial charge in [0, 0.05) is 19.2 Å². The Balaban J connectivity index is 2.02. The van der Waals surface area contributed by atoms with Crippen LogP contribution in [0.4, 0.5) is 20.2 Å². The standard InChI is InChI=1S/C16H14F2N2O3/c1-23-16-8-14(15(20(21)22)7-13(16)18)19-5-4-10-6-12(17)3-2-11(10)9-19/h2-3,6-8H,4-5,9H2,1H3. The van der Waals surface area contributed by atoms with Gasteiger partial charge in [0.1, 0.15) is 11.5 Å². The fourth-order valence-corrected chi connectivity index (χ4v) is 2.82. The maximum absolute atomic E-state index is 13.8. The Morgan fingerprint density at radius 2 is 2.00 bits per heavy atom. The minimum Gasteiger partial charge on any atom is -0.494 e. The van der Waals surface area contributed by atoms with E-state index in [2.05, 4.69) is 0 Å². The summed E-state index contributed by atoms with van der Waals surface area (Å²) in [6, 6.07) is 6.72. The van der Waals surface area contributed by atoms with Crippen LogP contribution in [0.25, 0.3) is 0 Å². The largest absolute Gasteiger partial charge is 0.494 e. The van der Waals surface area contributed by atoms with Gasteiger partial charge in [0.2, 0.25) is 0 Å². The molecule has 1 heterocycles. The van der Waals surface area contributed by atoms with E-state index in [9.17, 15) is 18.9 Å². The molecule has 0 unspecified atom stereocenters. The number of benzene rings is 2. The number of halogens is 2.